The maximum Gasteiger partial charge on any atom is 0.412 e. The van der Waals surface area contributed by atoms with Crippen molar-refractivity contribution in [1.82, 2.24) is 14.9 Å². The van der Waals surface area contributed by atoms with E-state index >= 15 is 0 Å². The van der Waals surface area contributed by atoms with Crippen LogP contribution in [0.5, 0.6) is 0 Å². The van der Waals surface area contributed by atoms with Crippen LogP contribution in [0.1, 0.15) is 31.1 Å². The Kier molecular flexibility index (Phi) is 9.86. The summed E-state index contributed by atoms with van der Waals surface area (Å²) in [7, 11) is 0. The second kappa shape index (κ2) is 14.6. The average molecular weight is 676 g/mol. The molecule has 0 bridgehead atoms. The van der Waals surface area contributed by atoms with Crippen LogP contribution in [0.2, 0.25) is 0 Å². The van der Waals surface area contributed by atoms with Gasteiger partial charge in [-0.3, -0.25) is 10.1 Å². The number of carbonyl (C=O) groups excluding carboxylic acids is 3. The molecular weight excluding hydrogens is 639 g/mol. The van der Waals surface area contributed by atoms with Gasteiger partial charge in [0.2, 0.25) is 5.95 Å². The molecule has 3 aromatic carbocycles. The molecule has 1 fully saturated rings. The fourth-order valence-electron chi connectivity index (χ4n) is 5.25. The lowest BCUT2D eigenvalue weighted by Crippen LogP contribution is -2.50. The molecule has 11 nitrogen and oxygen atoms in total. The maximum absolute atomic E-state index is 13.3. The lowest BCUT2D eigenvalue weighted by molar-refractivity contribution is 0.0635. The number of hydrogen-bond donors (Lipinski definition) is 3. The van der Waals surface area contributed by atoms with Gasteiger partial charge in [0.25, 0.3) is 5.91 Å². The molecule has 1 saturated heterocycles. The minimum Gasteiger partial charge on any atom is -0.444 e. The lowest BCUT2D eigenvalue weighted by atomic mass is 10.1. The number of nitrogens with zero attached hydrogens (tertiary/aromatic N) is 4. The highest BCUT2D eigenvalue weighted by molar-refractivity contribution is 7.13. The van der Waals surface area contributed by atoms with Crippen LogP contribution < -0.4 is 20.9 Å². The van der Waals surface area contributed by atoms with Crippen LogP contribution >= 0.6 is 11.3 Å². The number of anilines is 4. The van der Waals surface area contributed by atoms with Gasteiger partial charge in [0.1, 0.15) is 5.60 Å². The number of urea groups is 1. The molecule has 250 valence electrons. The average Bonchev–Trinajstić information content (AvgIpc) is 3.64. The molecular formula is C37H37N7O4S. The number of hydrogen-bond acceptors (Lipinski definition) is 8. The summed E-state index contributed by atoms with van der Waals surface area (Å²) in [6, 6.07) is 27.1. The van der Waals surface area contributed by atoms with Crippen molar-refractivity contribution in [1.29, 1.82) is 0 Å². The minimum absolute atomic E-state index is 0.163. The molecule has 3 heterocycles. The third-order valence-electron chi connectivity index (χ3n) is 7.70. The van der Waals surface area contributed by atoms with Gasteiger partial charge in [0.15, 0.2) is 0 Å². The number of rotatable bonds is 7. The Hall–Kier alpha value is -5.75. The van der Waals surface area contributed by atoms with E-state index in [2.05, 4.69) is 38.1 Å². The Morgan fingerprint density at radius 2 is 1.41 bits per heavy atom. The van der Waals surface area contributed by atoms with E-state index in [9.17, 15) is 14.4 Å². The normalized spacial score (nSPS) is 13.0. The van der Waals surface area contributed by atoms with Crippen LogP contribution in [0.4, 0.5) is 32.6 Å². The Bertz CT molecular complexity index is 1900. The second-order valence-electron chi connectivity index (χ2n) is 12.4. The first-order valence-electron chi connectivity index (χ1n) is 15.9. The summed E-state index contributed by atoms with van der Waals surface area (Å²) < 4.78 is 5.41. The summed E-state index contributed by atoms with van der Waals surface area (Å²) >= 11 is 1.57. The van der Waals surface area contributed by atoms with Crippen LogP contribution in [0.3, 0.4) is 0 Å². The number of thiophene rings is 1. The van der Waals surface area contributed by atoms with E-state index in [1.165, 1.54) is 12.4 Å². The molecule has 1 aliphatic rings. The standard InChI is InChI=1S/C37H37N7O4S/c1-37(2,3)48-36(47)42-30-16-13-27(32-10-7-21-49-32)22-31(30)41-33(45)28-23-38-34(39-24-28)43-17-19-44(20-18-43)35(46)40-29-14-11-26(12-15-29)25-8-5-4-6-9-25/h4-16,21-24H,17-20H2,1-3H3,(H,40,46)(H,41,45)(H,42,47). The van der Waals surface area contributed by atoms with E-state index in [0.29, 0.717) is 43.5 Å². The Balaban J connectivity index is 1.05. The Morgan fingerprint density at radius 3 is 2.06 bits per heavy atom. The molecule has 12 heteroatoms. The highest BCUT2D eigenvalue weighted by atomic mass is 32.1. The molecule has 1 aliphatic heterocycles. The van der Waals surface area contributed by atoms with Gasteiger partial charge < -0.3 is 25.2 Å². The molecule has 0 aliphatic carbocycles. The van der Waals surface area contributed by atoms with Crippen molar-refractivity contribution in [3.8, 4) is 21.6 Å². The van der Waals surface area contributed by atoms with E-state index in [-0.39, 0.29) is 11.6 Å². The van der Waals surface area contributed by atoms with Gasteiger partial charge in [-0.15, -0.1) is 11.3 Å². The number of piperazine rings is 1. The summed E-state index contributed by atoms with van der Waals surface area (Å²) in [5.41, 5.74) is 4.20. The highest BCUT2D eigenvalue weighted by Gasteiger charge is 2.24. The molecule has 0 unspecified atom stereocenters. The molecule has 0 spiro atoms. The van der Waals surface area contributed by atoms with E-state index < -0.39 is 17.6 Å². The molecule has 4 amide bonds. The molecule has 6 rings (SSSR count). The molecule has 49 heavy (non-hydrogen) atoms. The van der Waals surface area contributed by atoms with Gasteiger partial charge in [0.05, 0.1) is 16.9 Å². The fourth-order valence-corrected chi connectivity index (χ4v) is 5.98. The van der Waals surface area contributed by atoms with Crippen molar-refractivity contribution in [2.24, 2.45) is 0 Å². The molecule has 0 saturated carbocycles. The SMILES string of the molecule is CC(C)(C)OC(=O)Nc1ccc(-c2cccs2)cc1NC(=O)c1cnc(N2CCN(C(=O)Nc3ccc(-c4ccccc4)cc3)CC2)nc1. The van der Waals surface area contributed by atoms with Crippen molar-refractivity contribution in [3.05, 3.63) is 108 Å². The minimum atomic E-state index is -0.682. The molecule has 0 atom stereocenters. The van der Waals surface area contributed by atoms with Crippen LogP contribution in [0, 0.1) is 0 Å². The van der Waals surface area contributed by atoms with E-state index in [4.69, 9.17) is 4.74 Å². The number of benzene rings is 3. The molecule has 0 radical (unpaired) electrons. The third-order valence-corrected chi connectivity index (χ3v) is 8.62. The monoisotopic (exact) mass is 675 g/mol. The predicted octanol–water partition coefficient (Wildman–Crippen LogP) is 7.83. The largest absolute Gasteiger partial charge is 0.444 e. The number of carbonyl (C=O) groups is 3. The summed E-state index contributed by atoms with van der Waals surface area (Å²) in [6.45, 7) is 7.41. The van der Waals surface area contributed by atoms with E-state index in [0.717, 1.165) is 27.3 Å². The number of aromatic nitrogens is 2. The summed E-state index contributed by atoms with van der Waals surface area (Å²) in [5.74, 6) is 0.0421. The van der Waals surface area contributed by atoms with E-state index in [1.807, 2.05) is 70.9 Å². The van der Waals surface area contributed by atoms with Crippen LogP contribution in [0.15, 0.2) is 103 Å². The quantitative estimate of drug-likeness (QED) is 0.160. The van der Waals surface area contributed by atoms with Crippen molar-refractivity contribution in [2.75, 3.05) is 47.0 Å². The number of nitrogens with one attached hydrogen (secondary N) is 3. The lowest BCUT2D eigenvalue weighted by Gasteiger charge is -2.34. The van der Waals surface area contributed by atoms with Crippen molar-refractivity contribution in [2.45, 2.75) is 26.4 Å². The zero-order valence-electron chi connectivity index (χ0n) is 27.5. The summed E-state index contributed by atoms with van der Waals surface area (Å²) in [4.78, 5) is 52.5. The van der Waals surface area contributed by atoms with E-state index in [1.54, 1.807) is 49.1 Å². The summed E-state index contributed by atoms with van der Waals surface area (Å²) in [5, 5.41) is 10.6. The maximum atomic E-state index is 13.3. The van der Waals surface area contributed by atoms with Crippen LogP contribution in [0.25, 0.3) is 21.6 Å². The zero-order valence-corrected chi connectivity index (χ0v) is 28.3. The first-order chi connectivity index (χ1) is 23.6. The van der Waals surface area contributed by atoms with Gasteiger partial charge in [-0.2, -0.15) is 0 Å². The first kappa shape index (κ1) is 33.2. The Labute approximate surface area is 289 Å². The molecule has 2 aromatic heterocycles. The van der Waals surface area contributed by atoms with Gasteiger partial charge in [-0.1, -0.05) is 54.6 Å². The smallest absolute Gasteiger partial charge is 0.412 e. The third kappa shape index (κ3) is 8.59. The second-order valence-corrected chi connectivity index (χ2v) is 13.4. The van der Waals surface area contributed by atoms with Crippen LogP contribution in [-0.4, -0.2) is 64.7 Å². The highest BCUT2D eigenvalue weighted by Crippen LogP contribution is 2.32. The van der Waals surface area contributed by atoms with Gasteiger partial charge in [-0.05, 0) is 73.2 Å². The van der Waals surface area contributed by atoms with Crippen molar-refractivity contribution in [3.63, 3.8) is 0 Å². The first-order valence-corrected chi connectivity index (χ1v) is 16.8. The molecule has 3 N–H and O–H groups in total. The fraction of sp³-hybridized carbons (Fsp3) is 0.216. The van der Waals surface area contributed by atoms with Gasteiger partial charge >= 0.3 is 12.1 Å². The van der Waals surface area contributed by atoms with Gasteiger partial charge in [0, 0.05) is 49.1 Å². The topological polar surface area (TPSA) is 129 Å². The van der Waals surface area contributed by atoms with Crippen molar-refractivity contribution >= 4 is 52.4 Å². The zero-order chi connectivity index (χ0) is 34.4. The predicted molar refractivity (Wildman–Crippen MR) is 194 cm³/mol. The molecule has 5 aromatic rings. The number of amides is 4. The van der Waals surface area contributed by atoms with Crippen LogP contribution in [-0.2, 0) is 4.74 Å². The van der Waals surface area contributed by atoms with Crippen molar-refractivity contribution < 1.29 is 19.1 Å². The summed E-state index contributed by atoms with van der Waals surface area (Å²) in [6.07, 6.45) is 2.31. The van der Waals surface area contributed by atoms with Gasteiger partial charge in [-0.25, -0.2) is 19.6 Å². The Morgan fingerprint density at radius 1 is 0.735 bits per heavy atom. The number of ether oxygens (including phenoxy) is 1.